The number of aromatic nitrogens is 1. The number of esters is 1. The molecule has 0 atom stereocenters. The van der Waals surface area contributed by atoms with Crippen LogP contribution in [-0.2, 0) is 0 Å². The van der Waals surface area contributed by atoms with E-state index < -0.39 is 5.97 Å². The third kappa shape index (κ3) is 4.10. The van der Waals surface area contributed by atoms with Crippen LogP contribution in [0.5, 0.6) is 5.75 Å². The van der Waals surface area contributed by atoms with Crippen LogP contribution in [-0.4, -0.2) is 16.7 Å². The second-order valence-electron chi connectivity index (χ2n) is 7.84. The smallest absolute Gasteiger partial charge is 0.344 e. The molecule has 154 valence electrons. The Hall–Kier alpha value is -3.79. The minimum absolute atomic E-state index is 0.157. The van der Waals surface area contributed by atoms with Gasteiger partial charge in [-0.15, -0.1) is 0 Å². The van der Waals surface area contributed by atoms with Crippen molar-refractivity contribution in [2.75, 3.05) is 0 Å². The van der Waals surface area contributed by atoms with Crippen molar-refractivity contribution in [3.63, 3.8) is 0 Å². The molecule has 1 aromatic heterocycles. The Labute approximate surface area is 181 Å². The average molecular weight is 409 g/mol. The molecule has 0 spiro atoms. The fraction of sp³-hybridized carbons (Fsp3) is 0.148. The van der Waals surface area contributed by atoms with E-state index in [9.17, 15) is 9.59 Å². The maximum Gasteiger partial charge on any atom is 0.344 e. The lowest BCUT2D eigenvalue weighted by Gasteiger charge is -2.13. The fourth-order valence-electron chi connectivity index (χ4n) is 3.72. The van der Waals surface area contributed by atoms with Crippen LogP contribution in [0.2, 0.25) is 0 Å². The van der Waals surface area contributed by atoms with E-state index in [4.69, 9.17) is 9.72 Å². The molecule has 0 saturated heterocycles. The Kier molecular flexibility index (Phi) is 5.38. The topological polar surface area (TPSA) is 56.3 Å². The number of carbonyl (C=O) groups excluding carboxylic acids is 2. The van der Waals surface area contributed by atoms with Crippen molar-refractivity contribution >= 4 is 22.7 Å². The molecule has 4 heteroatoms. The predicted molar refractivity (Wildman–Crippen MR) is 123 cm³/mol. The Morgan fingerprint density at radius 2 is 1.52 bits per heavy atom. The van der Waals surface area contributed by atoms with Crippen LogP contribution in [0.15, 0.2) is 66.7 Å². The molecular formula is C27H23NO3. The molecular weight excluding hydrogens is 386 g/mol. The maximum absolute atomic E-state index is 13.3. The molecule has 1 heterocycles. The van der Waals surface area contributed by atoms with Gasteiger partial charge in [-0.25, -0.2) is 9.78 Å². The number of ether oxygens (including phenoxy) is 1. The summed E-state index contributed by atoms with van der Waals surface area (Å²) in [5.74, 6) is -0.416. The number of hydrogen-bond acceptors (Lipinski definition) is 4. The molecule has 4 rings (SSSR count). The highest BCUT2D eigenvalue weighted by molar-refractivity contribution is 6.07. The second kappa shape index (κ2) is 8.15. The lowest BCUT2D eigenvalue weighted by atomic mass is 9.99. The Bertz CT molecular complexity index is 1320. The first-order chi connectivity index (χ1) is 14.8. The van der Waals surface area contributed by atoms with Crippen molar-refractivity contribution in [2.24, 2.45) is 0 Å². The van der Waals surface area contributed by atoms with Gasteiger partial charge in [-0.3, -0.25) is 4.79 Å². The molecule has 0 bridgehead atoms. The predicted octanol–water partition coefficient (Wildman–Crippen LogP) is 6.25. The molecule has 0 fully saturated rings. The van der Waals surface area contributed by atoms with E-state index in [-0.39, 0.29) is 11.5 Å². The zero-order chi connectivity index (χ0) is 22.1. The van der Waals surface area contributed by atoms with Gasteiger partial charge < -0.3 is 4.74 Å². The molecule has 4 nitrogen and oxygen atoms in total. The van der Waals surface area contributed by atoms with Gasteiger partial charge in [0.1, 0.15) is 5.75 Å². The highest BCUT2D eigenvalue weighted by atomic mass is 16.5. The van der Waals surface area contributed by atoms with Crippen LogP contribution < -0.4 is 4.74 Å². The summed E-state index contributed by atoms with van der Waals surface area (Å²) in [6.07, 6.45) is 0. The quantitative estimate of drug-likeness (QED) is 0.227. The van der Waals surface area contributed by atoms with E-state index in [0.29, 0.717) is 16.8 Å². The molecule has 0 N–H and O–H groups in total. The van der Waals surface area contributed by atoms with Crippen molar-refractivity contribution in [1.29, 1.82) is 0 Å². The van der Waals surface area contributed by atoms with Gasteiger partial charge in [0, 0.05) is 10.9 Å². The summed E-state index contributed by atoms with van der Waals surface area (Å²) in [6.45, 7) is 7.46. The summed E-state index contributed by atoms with van der Waals surface area (Å²) in [6, 6.07) is 20.6. The van der Waals surface area contributed by atoms with Gasteiger partial charge >= 0.3 is 5.97 Å². The normalized spacial score (nSPS) is 10.8. The summed E-state index contributed by atoms with van der Waals surface area (Å²) in [5, 5.41) is 0.735. The van der Waals surface area contributed by atoms with Gasteiger partial charge in [0.2, 0.25) is 0 Å². The molecule has 0 amide bonds. The number of rotatable bonds is 4. The molecule has 0 aliphatic carbocycles. The average Bonchev–Trinajstić information content (AvgIpc) is 2.74. The molecule has 3 aromatic carbocycles. The number of hydrogen-bond donors (Lipinski definition) is 0. The molecule has 0 aliphatic rings. The maximum atomic E-state index is 13.3. The molecule has 31 heavy (non-hydrogen) atoms. The first kappa shape index (κ1) is 20.5. The number of carbonyl (C=O) groups is 2. The van der Waals surface area contributed by atoms with Gasteiger partial charge in [-0.05, 0) is 57.5 Å². The van der Waals surface area contributed by atoms with Crippen molar-refractivity contribution in [1.82, 2.24) is 4.98 Å². The zero-order valence-corrected chi connectivity index (χ0v) is 18.0. The van der Waals surface area contributed by atoms with Crippen LogP contribution in [0, 0.1) is 20.8 Å². The van der Waals surface area contributed by atoms with E-state index in [1.165, 1.54) is 6.92 Å². The summed E-state index contributed by atoms with van der Waals surface area (Å²) in [5.41, 5.74) is 6.35. The van der Waals surface area contributed by atoms with E-state index in [2.05, 4.69) is 6.07 Å². The van der Waals surface area contributed by atoms with E-state index >= 15 is 0 Å². The van der Waals surface area contributed by atoms with Gasteiger partial charge in [0.25, 0.3) is 0 Å². The number of aryl methyl sites for hydroxylation is 3. The van der Waals surface area contributed by atoms with Gasteiger partial charge in [0.05, 0.1) is 22.3 Å². The highest BCUT2D eigenvalue weighted by Crippen LogP contribution is 2.29. The van der Waals surface area contributed by atoms with Crippen molar-refractivity contribution in [3.05, 3.63) is 94.5 Å². The van der Waals surface area contributed by atoms with Crippen molar-refractivity contribution in [3.8, 4) is 17.0 Å². The lowest BCUT2D eigenvalue weighted by Crippen LogP contribution is -2.12. The number of benzene rings is 3. The summed E-state index contributed by atoms with van der Waals surface area (Å²) in [7, 11) is 0. The van der Waals surface area contributed by atoms with Gasteiger partial charge in [-0.2, -0.15) is 0 Å². The van der Waals surface area contributed by atoms with Gasteiger partial charge in [0.15, 0.2) is 5.78 Å². The number of fused-ring (bicyclic) bond motifs is 1. The first-order valence-corrected chi connectivity index (χ1v) is 10.1. The second-order valence-corrected chi connectivity index (χ2v) is 7.84. The number of para-hydroxylation sites is 1. The molecule has 0 aliphatic heterocycles. The minimum Gasteiger partial charge on any atom is -0.422 e. The molecule has 0 saturated carbocycles. The van der Waals surface area contributed by atoms with Crippen LogP contribution in [0.1, 0.15) is 44.3 Å². The van der Waals surface area contributed by atoms with E-state index in [1.54, 1.807) is 30.3 Å². The Morgan fingerprint density at radius 1 is 0.806 bits per heavy atom. The van der Waals surface area contributed by atoms with Crippen LogP contribution in [0.3, 0.4) is 0 Å². The monoisotopic (exact) mass is 409 g/mol. The van der Waals surface area contributed by atoms with E-state index in [1.807, 2.05) is 51.1 Å². The fourth-order valence-corrected chi connectivity index (χ4v) is 3.72. The third-order valence-electron chi connectivity index (χ3n) is 5.28. The summed E-state index contributed by atoms with van der Waals surface area (Å²) >= 11 is 0. The van der Waals surface area contributed by atoms with Crippen molar-refractivity contribution in [2.45, 2.75) is 27.7 Å². The molecule has 0 radical (unpaired) electrons. The highest BCUT2D eigenvalue weighted by Gasteiger charge is 2.19. The zero-order valence-electron chi connectivity index (χ0n) is 18.0. The van der Waals surface area contributed by atoms with Crippen molar-refractivity contribution < 1.29 is 14.3 Å². The SMILES string of the molecule is CC(=O)c1ccccc1OC(=O)c1cc(-c2ccc(C)cc2)nc2c(C)cc(C)cc12. The third-order valence-corrected chi connectivity index (χ3v) is 5.28. The molecule has 4 aromatic rings. The standard InChI is InChI=1S/C27H23NO3/c1-16-9-11-20(12-10-16)24-15-23(22-14-17(2)13-18(3)26(22)28-24)27(30)31-25-8-6-5-7-21(25)19(4)29/h5-15H,1-4H3. The minimum atomic E-state index is -0.514. The van der Waals surface area contributed by atoms with Gasteiger partial charge in [-0.1, -0.05) is 53.6 Å². The van der Waals surface area contributed by atoms with Crippen LogP contribution in [0.4, 0.5) is 0 Å². The van der Waals surface area contributed by atoms with Crippen LogP contribution in [0.25, 0.3) is 22.2 Å². The number of Topliss-reactive ketones (excluding diaryl/α,β-unsaturated/α-hetero) is 1. The number of nitrogens with zero attached hydrogens (tertiary/aromatic N) is 1. The number of pyridine rings is 1. The summed E-state index contributed by atoms with van der Waals surface area (Å²) < 4.78 is 5.70. The Morgan fingerprint density at radius 3 is 2.23 bits per heavy atom. The summed E-state index contributed by atoms with van der Waals surface area (Å²) in [4.78, 5) is 30.1. The first-order valence-electron chi connectivity index (χ1n) is 10.1. The molecule has 0 unspecified atom stereocenters. The van der Waals surface area contributed by atoms with Crippen LogP contribution >= 0.6 is 0 Å². The largest absolute Gasteiger partial charge is 0.422 e. The Balaban J connectivity index is 1.88. The number of ketones is 1. The lowest BCUT2D eigenvalue weighted by molar-refractivity contribution is 0.0735. The van der Waals surface area contributed by atoms with E-state index in [0.717, 1.165) is 33.2 Å².